The van der Waals surface area contributed by atoms with Crippen molar-refractivity contribution >= 4 is 17.2 Å². The molecular weight excluding hydrogens is 353 g/mol. The van der Waals surface area contributed by atoms with E-state index >= 15 is 0 Å². The van der Waals surface area contributed by atoms with E-state index in [4.69, 9.17) is 4.74 Å². The first-order valence-corrected chi connectivity index (χ1v) is 9.02. The van der Waals surface area contributed by atoms with Gasteiger partial charge in [-0.15, -0.1) is 11.3 Å². The molecule has 0 aliphatic carbocycles. The summed E-state index contributed by atoms with van der Waals surface area (Å²) in [5.41, 5.74) is 1.59. The molecule has 2 aromatic heterocycles. The minimum absolute atomic E-state index is 0.0910. The average Bonchev–Trinajstić information content (AvgIpc) is 3.06. The van der Waals surface area contributed by atoms with Gasteiger partial charge in [-0.3, -0.25) is 9.78 Å². The molecule has 5 nitrogen and oxygen atoms in total. The van der Waals surface area contributed by atoms with E-state index in [0.717, 1.165) is 10.7 Å². The number of aromatic nitrogens is 2. The molecule has 0 aliphatic heterocycles. The maximum absolute atomic E-state index is 14.2. The Kier molecular flexibility index (Phi) is 5.91. The summed E-state index contributed by atoms with van der Waals surface area (Å²) in [6.45, 7) is 2.20. The molecule has 0 unspecified atom stereocenters. The Morgan fingerprint density at radius 3 is 2.92 bits per heavy atom. The fourth-order valence-corrected chi connectivity index (χ4v) is 2.97. The van der Waals surface area contributed by atoms with Crippen LogP contribution in [0.15, 0.2) is 48.1 Å². The minimum atomic E-state index is -0.487. The number of thiazole rings is 1. The summed E-state index contributed by atoms with van der Waals surface area (Å²) in [7, 11) is 0. The number of halogens is 1. The summed E-state index contributed by atoms with van der Waals surface area (Å²) >= 11 is 1.57. The molecule has 0 aliphatic rings. The largest absolute Gasteiger partial charge is 0.453 e. The quantitative estimate of drug-likeness (QED) is 0.681. The molecule has 1 amide bonds. The van der Waals surface area contributed by atoms with Crippen LogP contribution in [0.25, 0.3) is 0 Å². The van der Waals surface area contributed by atoms with Crippen molar-refractivity contribution in [3.8, 4) is 11.5 Å². The van der Waals surface area contributed by atoms with Gasteiger partial charge in [-0.25, -0.2) is 9.37 Å². The summed E-state index contributed by atoms with van der Waals surface area (Å²) in [5, 5.41) is 5.74. The van der Waals surface area contributed by atoms with Crippen LogP contribution in [-0.4, -0.2) is 15.9 Å². The zero-order valence-corrected chi connectivity index (χ0v) is 15.1. The zero-order valence-electron chi connectivity index (χ0n) is 14.2. The van der Waals surface area contributed by atoms with Crippen LogP contribution in [0, 0.1) is 12.7 Å². The molecule has 26 heavy (non-hydrogen) atoms. The number of benzene rings is 1. The van der Waals surface area contributed by atoms with Crippen LogP contribution in [0.2, 0.25) is 0 Å². The van der Waals surface area contributed by atoms with Crippen LogP contribution in [0.1, 0.15) is 22.7 Å². The highest BCUT2D eigenvalue weighted by Gasteiger charge is 2.08. The van der Waals surface area contributed by atoms with Gasteiger partial charge in [0.1, 0.15) is 5.75 Å². The Hall–Kier alpha value is -2.80. The average molecular weight is 371 g/mol. The lowest BCUT2D eigenvalue weighted by Crippen LogP contribution is -2.23. The summed E-state index contributed by atoms with van der Waals surface area (Å²) in [4.78, 5) is 20.2. The van der Waals surface area contributed by atoms with E-state index in [1.165, 1.54) is 12.3 Å². The maximum Gasteiger partial charge on any atom is 0.220 e. The van der Waals surface area contributed by atoms with E-state index < -0.39 is 5.82 Å². The SMILES string of the molecule is Cc1nc(CCC(=O)NCc2ccc(Oc3cccnc3)c(F)c2)cs1. The molecule has 0 bridgehead atoms. The standard InChI is InChI=1S/C19H18FN3O2S/c1-13-23-15(12-26-13)5-7-19(24)22-10-14-4-6-18(17(20)9-14)25-16-3-2-8-21-11-16/h2-4,6,8-9,11-12H,5,7,10H2,1H3,(H,22,24). The van der Waals surface area contributed by atoms with E-state index in [1.807, 2.05) is 12.3 Å². The molecule has 0 spiro atoms. The number of nitrogens with zero attached hydrogens (tertiary/aromatic N) is 2. The second kappa shape index (κ2) is 8.53. The number of hydrogen-bond acceptors (Lipinski definition) is 5. The molecular formula is C19H18FN3O2S. The predicted molar refractivity (Wildman–Crippen MR) is 97.7 cm³/mol. The lowest BCUT2D eigenvalue weighted by atomic mass is 10.2. The van der Waals surface area contributed by atoms with Crippen molar-refractivity contribution < 1.29 is 13.9 Å². The van der Waals surface area contributed by atoms with Crippen LogP contribution in [0.4, 0.5) is 4.39 Å². The number of carbonyl (C=O) groups is 1. The molecule has 0 saturated carbocycles. The Morgan fingerprint density at radius 2 is 2.23 bits per heavy atom. The van der Waals surface area contributed by atoms with Crippen LogP contribution >= 0.6 is 11.3 Å². The van der Waals surface area contributed by atoms with Gasteiger partial charge in [-0.1, -0.05) is 6.07 Å². The summed E-state index contributed by atoms with van der Waals surface area (Å²) in [6.07, 6.45) is 4.08. The van der Waals surface area contributed by atoms with E-state index in [9.17, 15) is 9.18 Å². The number of ether oxygens (including phenoxy) is 1. The highest BCUT2D eigenvalue weighted by molar-refractivity contribution is 7.09. The van der Waals surface area contributed by atoms with E-state index in [2.05, 4.69) is 15.3 Å². The highest BCUT2D eigenvalue weighted by Crippen LogP contribution is 2.24. The fourth-order valence-electron chi connectivity index (χ4n) is 2.33. The number of rotatable bonds is 7. The topological polar surface area (TPSA) is 64.1 Å². The lowest BCUT2D eigenvalue weighted by Gasteiger charge is -2.09. The summed E-state index contributed by atoms with van der Waals surface area (Å²) in [5.74, 6) is 0.00186. The summed E-state index contributed by atoms with van der Waals surface area (Å²) in [6, 6.07) is 8.03. The van der Waals surface area contributed by atoms with Gasteiger partial charge in [0.25, 0.3) is 0 Å². The van der Waals surface area contributed by atoms with Gasteiger partial charge >= 0.3 is 0 Å². The molecule has 0 radical (unpaired) electrons. The molecule has 134 valence electrons. The number of aryl methyl sites for hydroxylation is 2. The Bertz CT molecular complexity index is 884. The first-order chi connectivity index (χ1) is 12.6. The normalized spacial score (nSPS) is 10.5. The van der Waals surface area contributed by atoms with Crippen molar-refractivity contribution in [1.29, 1.82) is 0 Å². The van der Waals surface area contributed by atoms with Gasteiger partial charge in [-0.05, 0) is 43.2 Å². The van der Waals surface area contributed by atoms with Gasteiger partial charge in [0, 0.05) is 24.5 Å². The monoisotopic (exact) mass is 371 g/mol. The van der Waals surface area contributed by atoms with Crippen molar-refractivity contribution in [2.24, 2.45) is 0 Å². The molecule has 7 heteroatoms. The number of carbonyl (C=O) groups excluding carboxylic acids is 1. The molecule has 1 aromatic carbocycles. The minimum Gasteiger partial charge on any atom is -0.453 e. The zero-order chi connectivity index (χ0) is 18.4. The first kappa shape index (κ1) is 18.0. The van der Waals surface area contributed by atoms with Gasteiger partial charge in [0.05, 0.1) is 16.9 Å². The number of amides is 1. The summed E-state index contributed by atoms with van der Waals surface area (Å²) < 4.78 is 19.6. The maximum atomic E-state index is 14.2. The third-order valence-electron chi connectivity index (χ3n) is 3.62. The smallest absolute Gasteiger partial charge is 0.220 e. The van der Waals surface area contributed by atoms with Gasteiger partial charge in [0.2, 0.25) is 5.91 Å². The van der Waals surface area contributed by atoms with Crippen LogP contribution in [0.3, 0.4) is 0 Å². The van der Waals surface area contributed by atoms with Crippen LogP contribution in [-0.2, 0) is 17.8 Å². The van der Waals surface area contributed by atoms with Crippen molar-refractivity contribution in [2.75, 3.05) is 0 Å². The molecule has 1 N–H and O–H groups in total. The fraction of sp³-hybridized carbons (Fsp3) is 0.211. The molecule has 0 atom stereocenters. The van der Waals surface area contributed by atoms with E-state index in [1.54, 1.807) is 41.8 Å². The Balaban J connectivity index is 1.50. The number of hydrogen-bond donors (Lipinski definition) is 1. The Morgan fingerprint density at radius 1 is 1.35 bits per heavy atom. The van der Waals surface area contributed by atoms with Crippen molar-refractivity contribution in [3.63, 3.8) is 0 Å². The van der Waals surface area contributed by atoms with Crippen molar-refractivity contribution in [3.05, 3.63) is 70.2 Å². The third kappa shape index (κ3) is 5.10. The molecule has 3 aromatic rings. The number of pyridine rings is 1. The van der Waals surface area contributed by atoms with Crippen molar-refractivity contribution in [1.82, 2.24) is 15.3 Å². The van der Waals surface area contributed by atoms with Gasteiger partial charge in [-0.2, -0.15) is 0 Å². The van der Waals surface area contributed by atoms with E-state index in [0.29, 0.717) is 24.2 Å². The predicted octanol–water partition coefficient (Wildman–Crippen LogP) is 4.03. The Labute approximate surface area is 154 Å². The highest BCUT2D eigenvalue weighted by atomic mass is 32.1. The third-order valence-corrected chi connectivity index (χ3v) is 4.45. The number of nitrogens with one attached hydrogen (secondary N) is 1. The molecule has 0 saturated heterocycles. The van der Waals surface area contributed by atoms with Crippen LogP contribution < -0.4 is 10.1 Å². The second-order valence-electron chi connectivity index (χ2n) is 5.69. The van der Waals surface area contributed by atoms with Crippen LogP contribution in [0.5, 0.6) is 11.5 Å². The molecule has 3 rings (SSSR count). The first-order valence-electron chi connectivity index (χ1n) is 8.14. The van der Waals surface area contributed by atoms with Gasteiger partial charge in [0.15, 0.2) is 11.6 Å². The van der Waals surface area contributed by atoms with Crippen molar-refractivity contribution in [2.45, 2.75) is 26.3 Å². The van der Waals surface area contributed by atoms with E-state index in [-0.39, 0.29) is 18.2 Å². The molecule has 0 fully saturated rings. The van der Waals surface area contributed by atoms with Gasteiger partial charge < -0.3 is 10.1 Å². The molecule has 2 heterocycles. The lowest BCUT2D eigenvalue weighted by molar-refractivity contribution is -0.121. The second-order valence-corrected chi connectivity index (χ2v) is 6.75.